The van der Waals surface area contributed by atoms with Crippen molar-refractivity contribution in [3.8, 4) is 0 Å². The molecule has 1 fully saturated rings. The van der Waals surface area contributed by atoms with E-state index in [9.17, 15) is 9.59 Å². The largest absolute Gasteiger partial charge is 0.350 e. The number of carbonyl (C=O) groups is 2. The molecule has 32 heavy (non-hydrogen) atoms. The monoisotopic (exact) mass is 433 g/mol. The quantitative estimate of drug-likeness (QED) is 0.577. The van der Waals surface area contributed by atoms with Crippen LogP contribution in [0.1, 0.15) is 47.2 Å². The van der Waals surface area contributed by atoms with Crippen LogP contribution in [0.3, 0.4) is 0 Å². The first kappa shape index (κ1) is 20.7. The van der Waals surface area contributed by atoms with Crippen molar-refractivity contribution >= 4 is 28.4 Å². The molecule has 7 nitrogen and oxygen atoms in total. The third-order valence-electron chi connectivity index (χ3n) is 6.09. The number of ether oxygens (including phenoxy) is 1. The Bertz CT molecular complexity index is 1130. The molecule has 2 amide bonds. The van der Waals surface area contributed by atoms with Crippen LogP contribution in [0, 0.1) is 0 Å². The summed E-state index contributed by atoms with van der Waals surface area (Å²) in [6.07, 6.45) is 6.78. The van der Waals surface area contributed by atoms with Gasteiger partial charge in [-0.25, -0.2) is 10.3 Å². The standard InChI is InChI=1S/C25H27N3O4/c29-22(27-32-23-8-1-2-14-31-23)15-17-9-11-19(12-10-17)26-25(30)21-16-28-13-4-6-18-5-3-7-20(21)24(18)28/h3,5,7,9-12,16,23H,1-2,4,6,8,13-15H2,(H,26,30)(H,27,29). The Morgan fingerprint density at radius 2 is 1.97 bits per heavy atom. The van der Waals surface area contributed by atoms with E-state index in [1.165, 1.54) is 11.1 Å². The lowest BCUT2D eigenvalue weighted by atomic mass is 10.0. The molecule has 2 N–H and O–H groups in total. The molecule has 166 valence electrons. The van der Waals surface area contributed by atoms with Crippen molar-refractivity contribution in [1.29, 1.82) is 0 Å². The Labute approximate surface area is 186 Å². The van der Waals surface area contributed by atoms with E-state index in [2.05, 4.69) is 21.4 Å². The molecular weight excluding hydrogens is 406 g/mol. The van der Waals surface area contributed by atoms with Crippen molar-refractivity contribution < 1.29 is 19.2 Å². The number of nitrogens with one attached hydrogen (secondary N) is 2. The molecule has 3 heterocycles. The second-order valence-electron chi connectivity index (χ2n) is 8.42. The maximum Gasteiger partial charge on any atom is 0.257 e. The number of hydrogen-bond donors (Lipinski definition) is 2. The van der Waals surface area contributed by atoms with Gasteiger partial charge in [-0.05, 0) is 48.9 Å². The summed E-state index contributed by atoms with van der Waals surface area (Å²) >= 11 is 0. The molecule has 1 aromatic heterocycles. The van der Waals surface area contributed by atoms with Gasteiger partial charge < -0.3 is 14.6 Å². The Balaban J connectivity index is 1.20. The molecular formula is C25H27N3O4. The molecule has 3 aromatic rings. The van der Waals surface area contributed by atoms with Crippen molar-refractivity contribution in [2.75, 3.05) is 11.9 Å². The zero-order valence-corrected chi connectivity index (χ0v) is 17.9. The van der Waals surface area contributed by atoms with Gasteiger partial charge in [-0.2, -0.15) is 0 Å². The first-order chi connectivity index (χ1) is 15.7. The number of hydrogen-bond acceptors (Lipinski definition) is 4. The van der Waals surface area contributed by atoms with Crippen molar-refractivity contribution in [2.24, 2.45) is 0 Å². The minimum absolute atomic E-state index is 0.126. The molecule has 0 radical (unpaired) electrons. The molecule has 1 saturated heterocycles. The van der Waals surface area contributed by atoms with E-state index in [1.807, 2.05) is 42.6 Å². The number of rotatable bonds is 6. The lowest BCUT2D eigenvalue weighted by Gasteiger charge is -2.22. The summed E-state index contributed by atoms with van der Waals surface area (Å²) in [5.41, 5.74) is 7.16. The summed E-state index contributed by atoms with van der Waals surface area (Å²) in [7, 11) is 0. The van der Waals surface area contributed by atoms with Gasteiger partial charge in [0, 0.05) is 36.8 Å². The van der Waals surface area contributed by atoms with Crippen LogP contribution in [-0.2, 0) is 33.8 Å². The van der Waals surface area contributed by atoms with Crippen LogP contribution in [0.25, 0.3) is 10.9 Å². The Hall–Kier alpha value is -3.16. The molecule has 0 saturated carbocycles. The molecule has 0 spiro atoms. The van der Waals surface area contributed by atoms with E-state index in [4.69, 9.17) is 9.57 Å². The SMILES string of the molecule is O=C(Cc1ccc(NC(=O)c2cn3c4c(cccc24)CCC3)cc1)NOC1CCCCO1. The van der Waals surface area contributed by atoms with Crippen LogP contribution in [0.4, 0.5) is 5.69 Å². The third kappa shape index (κ3) is 4.40. The summed E-state index contributed by atoms with van der Waals surface area (Å²) in [5.74, 6) is -0.357. The maximum absolute atomic E-state index is 13.0. The van der Waals surface area contributed by atoms with Gasteiger partial charge in [0.2, 0.25) is 5.91 Å². The van der Waals surface area contributed by atoms with E-state index in [0.717, 1.165) is 49.6 Å². The van der Waals surface area contributed by atoms with Crippen LogP contribution >= 0.6 is 0 Å². The first-order valence-electron chi connectivity index (χ1n) is 11.2. The van der Waals surface area contributed by atoms with Crippen LogP contribution < -0.4 is 10.8 Å². The fourth-order valence-corrected chi connectivity index (χ4v) is 4.50. The summed E-state index contributed by atoms with van der Waals surface area (Å²) < 4.78 is 7.62. The third-order valence-corrected chi connectivity index (χ3v) is 6.09. The summed E-state index contributed by atoms with van der Waals surface area (Å²) in [6, 6.07) is 13.5. The number of amides is 2. The Morgan fingerprint density at radius 1 is 1.09 bits per heavy atom. The number of hydroxylamine groups is 1. The summed E-state index contributed by atoms with van der Waals surface area (Å²) in [6.45, 7) is 1.60. The average molecular weight is 434 g/mol. The number of carbonyl (C=O) groups excluding carboxylic acids is 2. The van der Waals surface area contributed by atoms with Gasteiger partial charge >= 0.3 is 0 Å². The van der Waals surface area contributed by atoms with Crippen molar-refractivity contribution in [2.45, 2.75) is 51.4 Å². The molecule has 5 rings (SSSR count). The molecule has 2 aliphatic rings. The van der Waals surface area contributed by atoms with Gasteiger partial charge in [-0.1, -0.05) is 30.3 Å². The highest BCUT2D eigenvalue weighted by atomic mass is 16.8. The number of para-hydroxylation sites is 1. The number of aromatic nitrogens is 1. The van der Waals surface area contributed by atoms with Crippen LogP contribution in [0.15, 0.2) is 48.7 Å². The van der Waals surface area contributed by atoms with Gasteiger partial charge in [0.1, 0.15) is 0 Å². The minimum Gasteiger partial charge on any atom is -0.350 e. The molecule has 7 heteroatoms. The van der Waals surface area contributed by atoms with E-state index in [0.29, 0.717) is 17.9 Å². The van der Waals surface area contributed by atoms with E-state index in [-0.39, 0.29) is 24.5 Å². The highest BCUT2D eigenvalue weighted by Crippen LogP contribution is 2.30. The normalized spacial score (nSPS) is 17.8. The number of aryl methyl sites for hydroxylation is 2. The van der Waals surface area contributed by atoms with Gasteiger partial charge in [-0.3, -0.25) is 9.59 Å². The molecule has 1 atom stereocenters. The number of nitrogens with zero attached hydrogens (tertiary/aromatic N) is 1. The maximum atomic E-state index is 13.0. The molecule has 0 bridgehead atoms. The van der Waals surface area contributed by atoms with E-state index in [1.54, 1.807) is 0 Å². The molecule has 0 aliphatic carbocycles. The fraction of sp³-hybridized carbons (Fsp3) is 0.360. The van der Waals surface area contributed by atoms with Gasteiger partial charge in [0.25, 0.3) is 5.91 Å². The minimum atomic E-state index is -0.364. The number of benzene rings is 2. The van der Waals surface area contributed by atoms with Gasteiger partial charge in [0.05, 0.1) is 17.5 Å². The topological polar surface area (TPSA) is 81.6 Å². The second-order valence-corrected chi connectivity index (χ2v) is 8.42. The predicted octanol–water partition coefficient (Wildman–Crippen LogP) is 3.96. The molecule has 1 unspecified atom stereocenters. The van der Waals surface area contributed by atoms with E-state index >= 15 is 0 Å². The molecule has 2 aliphatic heterocycles. The van der Waals surface area contributed by atoms with Crippen LogP contribution in [0.5, 0.6) is 0 Å². The van der Waals surface area contributed by atoms with E-state index < -0.39 is 0 Å². The van der Waals surface area contributed by atoms with Crippen molar-refractivity contribution in [3.05, 3.63) is 65.4 Å². The van der Waals surface area contributed by atoms with Crippen molar-refractivity contribution in [3.63, 3.8) is 0 Å². The lowest BCUT2D eigenvalue weighted by molar-refractivity contribution is -0.200. The highest BCUT2D eigenvalue weighted by Gasteiger charge is 2.20. The summed E-state index contributed by atoms with van der Waals surface area (Å²) in [5, 5.41) is 3.98. The zero-order valence-electron chi connectivity index (χ0n) is 17.9. The molecule has 2 aromatic carbocycles. The first-order valence-corrected chi connectivity index (χ1v) is 11.2. The second kappa shape index (κ2) is 9.14. The van der Waals surface area contributed by atoms with Crippen LogP contribution in [0.2, 0.25) is 0 Å². The lowest BCUT2D eigenvalue weighted by Crippen LogP contribution is -2.33. The van der Waals surface area contributed by atoms with Crippen molar-refractivity contribution in [1.82, 2.24) is 10.0 Å². The highest BCUT2D eigenvalue weighted by molar-refractivity contribution is 6.13. The van der Waals surface area contributed by atoms with Gasteiger partial charge in [0.15, 0.2) is 6.29 Å². The van der Waals surface area contributed by atoms with Crippen LogP contribution in [-0.4, -0.2) is 29.3 Å². The smallest absolute Gasteiger partial charge is 0.257 e. The number of anilines is 1. The summed E-state index contributed by atoms with van der Waals surface area (Å²) in [4.78, 5) is 30.4. The Kier molecular flexibility index (Phi) is 5.92. The Morgan fingerprint density at radius 3 is 2.78 bits per heavy atom. The fourth-order valence-electron chi connectivity index (χ4n) is 4.50. The zero-order chi connectivity index (χ0) is 21.9. The van der Waals surface area contributed by atoms with Gasteiger partial charge in [-0.15, -0.1) is 0 Å². The average Bonchev–Trinajstić information content (AvgIpc) is 3.21. The predicted molar refractivity (Wildman–Crippen MR) is 121 cm³/mol.